The van der Waals surface area contributed by atoms with Gasteiger partial charge in [-0.15, -0.1) is 0 Å². The minimum absolute atomic E-state index is 0.000334. The van der Waals surface area contributed by atoms with Crippen LogP contribution in [0.15, 0.2) is 23.0 Å². The minimum Gasteiger partial charge on any atom is -0.396 e. The highest BCUT2D eigenvalue weighted by atomic mass is 35.5. The molecule has 114 valence electrons. The number of halogens is 1. The number of benzene rings is 1. The SMILES string of the molecule is COCC(CCO)NCc1nc2cc(Cl)ccc2c(=O)[nH]1. The zero-order valence-corrected chi connectivity index (χ0v) is 12.5. The maximum atomic E-state index is 12.0. The van der Waals surface area contributed by atoms with E-state index in [2.05, 4.69) is 15.3 Å². The van der Waals surface area contributed by atoms with Crippen molar-refractivity contribution in [2.45, 2.75) is 19.0 Å². The zero-order valence-electron chi connectivity index (χ0n) is 11.7. The molecule has 3 N–H and O–H groups in total. The second-order valence-electron chi connectivity index (χ2n) is 4.72. The van der Waals surface area contributed by atoms with E-state index in [4.69, 9.17) is 21.4 Å². The first kappa shape index (κ1) is 15.9. The highest BCUT2D eigenvalue weighted by molar-refractivity contribution is 6.31. The summed E-state index contributed by atoms with van der Waals surface area (Å²) < 4.78 is 5.07. The molecule has 1 heterocycles. The normalized spacial score (nSPS) is 12.7. The summed E-state index contributed by atoms with van der Waals surface area (Å²) >= 11 is 5.92. The number of methoxy groups -OCH3 is 1. The molecular weight excluding hydrogens is 294 g/mol. The van der Waals surface area contributed by atoms with Gasteiger partial charge in [0, 0.05) is 24.8 Å². The molecule has 7 heteroatoms. The molecular formula is C14H18ClN3O3. The second-order valence-corrected chi connectivity index (χ2v) is 5.16. The Morgan fingerprint density at radius 3 is 3.05 bits per heavy atom. The Kier molecular flexibility index (Phi) is 5.69. The van der Waals surface area contributed by atoms with Crippen molar-refractivity contribution in [3.63, 3.8) is 0 Å². The Morgan fingerprint density at radius 1 is 1.52 bits per heavy atom. The van der Waals surface area contributed by atoms with Gasteiger partial charge in [0.2, 0.25) is 0 Å². The smallest absolute Gasteiger partial charge is 0.258 e. The topological polar surface area (TPSA) is 87.2 Å². The minimum atomic E-state index is -0.195. The highest BCUT2D eigenvalue weighted by Gasteiger charge is 2.09. The molecule has 0 spiro atoms. The molecule has 0 fully saturated rings. The standard InChI is InChI=1S/C14H18ClN3O3/c1-21-8-10(4-5-19)16-7-13-17-12-6-9(15)2-3-11(12)14(20)18-13/h2-3,6,10,16,19H,4-5,7-8H2,1H3,(H,17,18,20). The van der Waals surface area contributed by atoms with Crippen LogP contribution in [-0.2, 0) is 11.3 Å². The number of aromatic amines is 1. The number of nitrogens with zero attached hydrogens (tertiary/aromatic N) is 1. The average Bonchev–Trinajstić information content (AvgIpc) is 2.45. The van der Waals surface area contributed by atoms with Crippen LogP contribution in [0.25, 0.3) is 10.9 Å². The Bertz CT molecular complexity index is 653. The van der Waals surface area contributed by atoms with Crippen molar-refractivity contribution in [2.75, 3.05) is 20.3 Å². The predicted molar refractivity (Wildman–Crippen MR) is 81.6 cm³/mol. The lowest BCUT2D eigenvalue weighted by Gasteiger charge is -2.16. The second kappa shape index (κ2) is 7.51. The third kappa shape index (κ3) is 4.25. The van der Waals surface area contributed by atoms with E-state index < -0.39 is 0 Å². The number of ether oxygens (including phenoxy) is 1. The van der Waals surface area contributed by atoms with Gasteiger partial charge >= 0.3 is 0 Å². The predicted octanol–water partition coefficient (Wildman–Crippen LogP) is 1.06. The largest absolute Gasteiger partial charge is 0.396 e. The molecule has 1 aromatic heterocycles. The van der Waals surface area contributed by atoms with Gasteiger partial charge in [0.05, 0.1) is 24.1 Å². The molecule has 0 aliphatic carbocycles. The van der Waals surface area contributed by atoms with E-state index in [0.29, 0.717) is 41.3 Å². The van der Waals surface area contributed by atoms with E-state index in [-0.39, 0.29) is 18.2 Å². The van der Waals surface area contributed by atoms with Gasteiger partial charge in [0.25, 0.3) is 5.56 Å². The fourth-order valence-corrected chi connectivity index (χ4v) is 2.25. The van der Waals surface area contributed by atoms with E-state index in [9.17, 15) is 4.79 Å². The maximum Gasteiger partial charge on any atom is 0.258 e. The van der Waals surface area contributed by atoms with Crippen molar-refractivity contribution in [1.29, 1.82) is 0 Å². The number of aliphatic hydroxyl groups is 1. The van der Waals surface area contributed by atoms with Crippen molar-refractivity contribution in [3.8, 4) is 0 Å². The van der Waals surface area contributed by atoms with Gasteiger partial charge < -0.3 is 20.1 Å². The quantitative estimate of drug-likeness (QED) is 0.712. The molecule has 0 bridgehead atoms. The molecule has 0 aliphatic heterocycles. The van der Waals surface area contributed by atoms with Crippen LogP contribution in [0.4, 0.5) is 0 Å². The van der Waals surface area contributed by atoms with Gasteiger partial charge in [-0.1, -0.05) is 11.6 Å². The van der Waals surface area contributed by atoms with E-state index in [1.165, 1.54) is 0 Å². The fourth-order valence-electron chi connectivity index (χ4n) is 2.09. The van der Waals surface area contributed by atoms with Gasteiger partial charge in [0.15, 0.2) is 0 Å². The van der Waals surface area contributed by atoms with Gasteiger partial charge in [0.1, 0.15) is 5.82 Å². The number of rotatable bonds is 7. The van der Waals surface area contributed by atoms with E-state index in [1.807, 2.05) is 0 Å². The number of aromatic nitrogens is 2. The van der Waals surface area contributed by atoms with Crippen molar-refractivity contribution in [2.24, 2.45) is 0 Å². The summed E-state index contributed by atoms with van der Waals surface area (Å²) in [6.07, 6.45) is 0.567. The summed E-state index contributed by atoms with van der Waals surface area (Å²) in [7, 11) is 1.60. The fraction of sp³-hybridized carbons (Fsp3) is 0.429. The first-order chi connectivity index (χ1) is 10.1. The van der Waals surface area contributed by atoms with Crippen LogP contribution >= 0.6 is 11.6 Å². The lowest BCUT2D eigenvalue weighted by molar-refractivity contribution is 0.147. The van der Waals surface area contributed by atoms with Crippen molar-refractivity contribution in [3.05, 3.63) is 39.4 Å². The van der Waals surface area contributed by atoms with Gasteiger partial charge in [-0.2, -0.15) is 0 Å². The van der Waals surface area contributed by atoms with E-state index >= 15 is 0 Å². The number of aliphatic hydroxyl groups excluding tert-OH is 1. The zero-order chi connectivity index (χ0) is 15.2. The van der Waals surface area contributed by atoms with Crippen molar-refractivity contribution < 1.29 is 9.84 Å². The van der Waals surface area contributed by atoms with Crippen LogP contribution in [-0.4, -0.2) is 41.4 Å². The van der Waals surface area contributed by atoms with Crippen LogP contribution in [0.1, 0.15) is 12.2 Å². The monoisotopic (exact) mass is 311 g/mol. The van der Waals surface area contributed by atoms with E-state index in [1.54, 1.807) is 25.3 Å². The molecule has 1 unspecified atom stereocenters. The third-order valence-corrected chi connectivity index (χ3v) is 3.36. The number of nitrogens with one attached hydrogen (secondary N) is 2. The molecule has 1 aromatic carbocycles. The van der Waals surface area contributed by atoms with Crippen LogP contribution in [0.5, 0.6) is 0 Å². The third-order valence-electron chi connectivity index (χ3n) is 3.12. The molecule has 0 saturated carbocycles. The van der Waals surface area contributed by atoms with Crippen molar-refractivity contribution in [1.82, 2.24) is 15.3 Å². The summed E-state index contributed by atoms with van der Waals surface area (Å²) in [4.78, 5) is 19.1. The Balaban J connectivity index is 2.16. The molecule has 6 nitrogen and oxygen atoms in total. The number of hydrogen-bond donors (Lipinski definition) is 3. The molecule has 0 radical (unpaired) electrons. The van der Waals surface area contributed by atoms with Crippen LogP contribution in [0, 0.1) is 0 Å². The molecule has 0 amide bonds. The number of fused-ring (bicyclic) bond motifs is 1. The molecule has 2 rings (SSSR count). The first-order valence-electron chi connectivity index (χ1n) is 6.65. The number of H-pyrrole nitrogens is 1. The molecule has 1 atom stereocenters. The molecule has 0 saturated heterocycles. The first-order valence-corrected chi connectivity index (χ1v) is 7.03. The lowest BCUT2D eigenvalue weighted by atomic mass is 10.2. The average molecular weight is 312 g/mol. The van der Waals surface area contributed by atoms with Gasteiger partial charge in [-0.25, -0.2) is 4.98 Å². The summed E-state index contributed by atoms with van der Waals surface area (Å²) in [6, 6.07) is 4.98. The molecule has 0 aliphatic rings. The van der Waals surface area contributed by atoms with Crippen molar-refractivity contribution >= 4 is 22.5 Å². The summed E-state index contributed by atoms with van der Waals surface area (Å²) in [5, 5.41) is 13.2. The lowest BCUT2D eigenvalue weighted by Crippen LogP contribution is -2.34. The van der Waals surface area contributed by atoms with Gasteiger partial charge in [-0.3, -0.25) is 4.79 Å². The summed E-state index contributed by atoms with van der Waals surface area (Å²) in [6.45, 7) is 0.925. The maximum absolute atomic E-state index is 12.0. The molecule has 2 aromatic rings. The van der Waals surface area contributed by atoms with Crippen LogP contribution < -0.4 is 10.9 Å². The Morgan fingerprint density at radius 2 is 2.33 bits per heavy atom. The Hall–Kier alpha value is -1.47. The molecule has 21 heavy (non-hydrogen) atoms. The summed E-state index contributed by atoms with van der Waals surface area (Å²) in [5.41, 5.74) is 0.368. The number of hydrogen-bond acceptors (Lipinski definition) is 5. The van der Waals surface area contributed by atoms with E-state index in [0.717, 1.165) is 0 Å². The van der Waals surface area contributed by atoms with Crippen LogP contribution in [0.2, 0.25) is 5.02 Å². The summed E-state index contributed by atoms with van der Waals surface area (Å²) in [5.74, 6) is 0.522. The Labute approximate surface area is 127 Å². The van der Waals surface area contributed by atoms with Crippen LogP contribution in [0.3, 0.4) is 0 Å². The highest BCUT2D eigenvalue weighted by Crippen LogP contribution is 2.14. The van der Waals surface area contributed by atoms with Gasteiger partial charge in [-0.05, 0) is 24.6 Å².